The number of nitrogens with zero attached hydrogens (tertiary/aromatic N) is 2. The summed E-state index contributed by atoms with van der Waals surface area (Å²) >= 11 is 7.74. The van der Waals surface area contributed by atoms with Gasteiger partial charge in [0.05, 0.1) is 3.57 Å². The fraction of sp³-hybridized carbons (Fsp3) is 0.143. The number of amides is 1. The van der Waals surface area contributed by atoms with E-state index >= 15 is 0 Å². The van der Waals surface area contributed by atoms with Gasteiger partial charge in [-0.3, -0.25) is 9.69 Å². The van der Waals surface area contributed by atoms with Crippen molar-refractivity contribution in [1.29, 1.82) is 0 Å². The zero-order chi connectivity index (χ0) is 20.3. The van der Waals surface area contributed by atoms with Gasteiger partial charge >= 0.3 is 0 Å². The summed E-state index contributed by atoms with van der Waals surface area (Å²) in [5.74, 6) is -0.840. The van der Waals surface area contributed by atoms with Crippen molar-refractivity contribution in [1.82, 2.24) is 4.90 Å². The van der Waals surface area contributed by atoms with Gasteiger partial charge in [-0.05, 0) is 76.6 Å². The highest BCUT2D eigenvalue weighted by atomic mass is 127. The minimum atomic E-state index is -0.735. The molecule has 0 unspecified atom stereocenters. The Kier molecular flexibility index (Phi) is 6.51. The summed E-state index contributed by atoms with van der Waals surface area (Å²) in [6.07, 6.45) is 5.94. The minimum Gasteiger partial charge on any atom is -0.504 e. The Bertz CT molecular complexity index is 977. The van der Waals surface area contributed by atoms with E-state index in [4.69, 9.17) is 11.6 Å². The lowest BCUT2D eigenvalue weighted by molar-refractivity contribution is -0.122. The van der Waals surface area contributed by atoms with E-state index in [9.17, 15) is 14.3 Å². The second-order valence-corrected chi connectivity index (χ2v) is 7.77. The zero-order valence-electron chi connectivity index (χ0n) is 15.0. The molecule has 1 aliphatic rings. The van der Waals surface area contributed by atoms with Crippen LogP contribution >= 0.6 is 34.2 Å². The molecule has 2 aromatic carbocycles. The third kappa shape index (κ3) is 4.62. The van der Waals surface area contributed by atoms with Crippen molar-refractivity contribution in [2.24, 2.45) is 4.99 Å². The number of halogens is 3. The van der Waals surface area contributed by atoms with Crippen LogP contribution in [0, 0.1) is 9.39 Å². The molecule has 0 aromatic heterocycles. The van der Waals surface area contributed by atoms with Crippen LogP contribution < -0.4 is 0 Å². The van der Waals surface area contributed by atoms with E-state index in [2.05, 4.69) is 4.99 Å². The third-order valence-corrected chi connectivity index (χ3v) is 5.13. The number of carbonyl (C=O) groups is 1. The number of phenols is 1. The van der Waals surface area contributed by atoms with Crippen LogP contribution in [0.4, 0.5) is 4.39 Å². The number of hydrogen-bond donors (Lipinski definition) is 1. The summed E-state index contributed by atoms with van der Waals surface area (Å²) in [6.45, 7) is 2.51. The molecule has 2 aromatic rings. The molecule has 1 N–H and O–H groups in total. The van der Waals surface area contributed by atoms with E-state index < -0.39 is 11.6 Å². The lowest BCUT2D eigenvalue weighted by atomic mass is 10.1. The first-order valence-electron chi connectivity index (χ1n) is 8.63. The maximum absolute atomic E-state index is 13.8. The highest BCUT2D eigenvalue weighted by Crippen LogP contribution is 2.27. The second-order valence-electron chi connectivity index (χ2n) is 6.17. The van der Waals surface area contributed by atoms with E-state index in [0.29, 0.717) is 26.5 Å². The number of benzene rings is 2. The minimum absolute atomic E-state index is 0.227. The number of rotatable bonds is 5. The Morgan fingerprint density at radius 1 is 1.21 bits per heavy atom. The fourth-order valence-electron chi connectivity index (χ4n) is 2.71. The van der Waals surface area contributed by atoms with Crippen molar-refractivity contribution in [3.63, 3.8) is 0 Å². The van der Waals surface area contributed by atoms with Crippen molar-refractivity contribution in [2.75, 3.05) is 6.54 Å². The van der Waals surface area contributed by atoms with Gasteiger partial charge in [0.25, 0.3) is 5.91 Å². The van der Waals surface area contributed by atoms with Gasteiger partial charge in [-0.2, -0.15) is 0 Å². The van der Waals surface area contributed by atoms with E-state index in [-0.39, 0.29) is 11.6 Å². The molecule has 1 amide bonds. The first-order valence-corrected chi connectivity index (χ1v) is 10.1. The molecule has 0 bridgehead atoms. The Labute approximate surface area is 181 Å². The molecule has 0 atom stereocenters. The van der Waals surface area contributed by atoms with Gasteiger partial charge in [-0.1, -0.05) is 36.7 Å². The van der Waals surface area contributed by atoms with Crippen LogP contribution in [0.1, 0.15) is 24.5 Å². The molecule has 7 heteroatoms. The monoisotopic (exact) mass is 510 g/mol. The average Bonchev–Trinajstić information content (AvgIpc) is 2.95. The average molecular weight is 511 g/mol. The van der Waals surface area contributed by atoms with Crippen LogP contribution in [0.2, 0.25) is 5.02 Å². The van der Waals surface area contributed by atoms with Crippen LogP contribution in [-0.2, 0) is 4.79 Å². The summed E-state index contributed by atoms with van der Waals surface area (Å²) in [7, 11) is 0. The normalized spacial score (nSPS) is 15.7. The summed E-state index contributed by atoms with van der Waals surface area (Å²) in [6, 6.07) is 10.1. The molecule has 0 spiro atoms. The van der Waals surface area contributed by atoms with Crippen molar-refractivity contribution >= 4 is 58.1 Å². The SMILES string of the molecule is CCCN1C(=O)/C(=C/c2cc(F)c(O)c(I)c2)N=C1/C=C/c1ccc(Cl)cc1. The largest absolute Gasteiger partial charge is 0.504 e. The number of amidine groups is 1. The molecule has 144 valence electrons. The highest BCUT2D eigenvalue weighted by Gasteiger charge is 2.28. The number of phenolic OH excluding ortho intramolecular Hbond substituents is 1. The third-order valence-electron chi connectivity index (χ3n) is 4.06. The van der Waals surface area contributed by atoms with E-state index in [1.165, 1.54) is 12.1 Å². The van der Waals surface area contributed by atoms with Crippen molar-refractivity contribution in [3.05, 3.63) is 73.7 Å². The van der Waals surface area contributed by atoms with Crippen LogP contribution in [-0.4, -0.2) is 28.3 Å². The molecule has 4 nitrogen and oxygen atoms in total. The van der Waals surface area contributed by atoms with Gasteiger partial charge in [0.2, 0.25) is 0 Å². The van der Waals surface area contributed by atoms with Gasteiger partial charge in [-0.15, -0.1) is 0 Å². The number of aliphatic imine (C=N–C) groups is 1. The number of carbonyl (C=O) groups excluding carboxylic acids is 1. The molecule has 1 aliphatic heterocycles. The summed E-state index contributed by atoms with van der Waals surface area (Å²) in [4.78, 5) is 18.8. The van der Waals surface area contributed by atoms with Gasteiger partial charge in [0.15, 0.2) is 11.6 Å². The Hall–Kier alpha value is -2.19. The van der Waals surface area contributed by atoms with Crippen LogP contribution in [0.15, 0.2) is 53.2 Å². The van der Waals surface area contributed by atoms with Gasteiger partial charge in [0, 0.05) is 11.6 Å². The highest BCUT2D eigenvalue weighted by molar-refractivity contribution is 14.1. The number of hydrogen-bond acceptors (Lipinski definition) is 3. The summed E-state index contributed by atoms with van der Waals surface area (Å²) in [5, 5.41) is 10.2. The summed E-state index contributed by atoms with van der Waals surface area (Å²) in [5.41, 5.74) is 1.62. The number of aromatic hydroxyl groups is 1. The van der Waals surface area contributed by atoms with Crippen molar-refractivity contribution in [2.45, 2.75) is 13.3 Å². The van der Waals surface area contributed by atoms with Crippen LogP contribution in [0.5, 0.6) is 5.75 Å². The van der Waals surface area contributed by atoms with Gasteiger partial charge in [0.1, 0.15) is 11.5 Å². The maximum atomic E-state index is 13.8. The first kappa shape index (κ1) is 20.5. The Morgan fingerprint density at radius 3 is 2.57 bits per heavy atom. The van der Waals surface area contributed by atoms with Gasteiger partial charge < -0.3 is 5.11 Å². The van der Waals surface area contributed by atoms with E-state index in [1.807, 2.05) is 47.7 Å². The van der Waals surface area contributed by atoms with Gasteiger partial charge in [-0.25, -0.2) is 9.38 Å². The van der Waals surface area contributed by atoms with Crippen molar-refractivity contribution < 1.29 is 14.3 Å². The van der Waals surface area contributed by atoms with Crippen molar-refractivity contribution in [3.8, 4) is 5.75 Å². The molecular formula is C21H17ClFIN2O2. The predicted molar refractivity (Wildman–Crippen MR) is 119 cm³/mol. The van der Waals surface area contributed by atoms with E-state index in [1.54, 1.807) is 29.2 Å². The molecule has 0 saturated heterocycles. The molecule has 0 saturated carbocycles. The van der Waals surface area contributed by atoms with Crippen LogP contribution in [0.25, 0.3) is 12.2 Å². The topological polar surface area (TPSA) is 52.9 Å². The Balaban J connectivity index is 1.94. The molecule has 3 rings (SSSR count). The standard InChI is InChI=1S/C21H17ClFIN2O2/c1-2-9-26-19(8-5-13-3-6-15(22)7-4-13)25-18(21(26)28)12-14-10-16(23)20(27)17(24)11-14/h3-8,10-12,27H,2,9H2,1H3/b8-5+,18-12-. The smallest absolute Gasteiger partial charge is 0.278 e. The molecule has 0 radical (unpaired) electrons. The lowest BCUT2D eigenvalue weighted by Crippen LogP contribution is -2.31. The zero-order valence-corrected chi connectivity index (χ0v) is 17.9. The maximum Gasteiger partial charge on any atom is 0.278 e. The Morgan fingerprint density at radius 2 is 1.93 bits per heavy atom. The second kappa shape index (κ2) is 8.87. The van der Waals surface area contributed by atoms with E-state index in [0.717, 1.165) is 12.0 Å². The first-order chi connectivity index (χ1) is 13.4. The fourth-order valence-corrected chi connectivity index (χ4v) is 3.45. The molecule has 28 heavy (non-hydrogen) atoms. The van der Waals surface area contributed by atoms with Crippen LogP contribution in [0.3, 0.4) is 0 Å². The quantitative estimate of drug-likeness (QED) is 0.427. The molecule has 1 heterocycles. The predicted octanol–water partition coefficient (Wildman–Crippen LogP) is 5.49. The summed E-state index contributed by atoms with van der Waals surface area (Å²) < 4.78 is 14.2. The molecular weight excluding hydrogens is 494 g/mol. The lowest BCUT2D eigenvalue weighted by Gasteiger charge is -2.14. The molecule has 0 fully saturated rings. The molecule has 0 aliphatic carbocycles.